The van der Waals surface area contributed by atoms with Crippen LogP contribution < -0.4 is 5.32 Å². The van der Waals surface area contributed by atoms with E-state index in [2.05, 4.69) is 66.0 Å². The fraction of sp³-hybridized carbons (Fsp3) is 0. The zero-order chi connectivity index (χ0) is 12.7. The van der Waals surface area contributed by atoms with Gasteiger partial charge in [-0.05, 0) is 29.3 Å². The number of hydrogen-bond acceptors (Lipinski definition) is 1. The van der Waals surface area contributed by atoms with E-state index in [1.54, 1.807) is 0 Å². The molecule has 3 aromatic carbocycles. The van der Waals surface area contributed by atoms with Gasteiger partial charge in [0.1, 0.15) is 0 Å². The molecule has 19 heavy (non-hydrogen) atoms. The van der Waals surface area contributed by atoms with Crippen LogP contribution in [-0.2, 0) is 0 Å². The van der Waals surface area contributed by atoms with Gasteiger partial charge >= 0.3 is 0 Å². The molecule has 0 bridgehead atoms. The maximum atomic E-state index is 3.53. The number of nitrogens with one attached hydrogen (secondary N) is 1. The molecule has 0 saturated carbocycles. The lowest BCUT2D eigenvalue weighted by molar-refractivity contribution is 1.57. The van der Waals surface area contributed by atoms with Crippen LogP contribution in [-0.4, -0.2) is 0 Å². The van der Waals surface area contributed by atoms with E-state index in [1.165, 1.54) is 16.7 Å². The van der Waals surface area contributed by atoms with Gasteiger partial charge in [-0.3, -0.25) is 0 Å². The summed E-state index contributed by atoms with van der Waals surface area (Å²) in [5, 5.41) is 3.53. The summed E-state index contributed by atoms with van der Waals surface area (Å²) in [4.78, 5) is 0. The summed E-state index contributed by atoms with van der Waals surface area (Å²) in [6.07, 6.45) is 0. The second kappa shape index (κ2) is 3.99. The Labute approximate surface area is 112 Å². The second-order valence-electron chi connectivity index (χ2n) is 4.67. The van der Waals surface area contributed by atoms with Gasteiger partial charge < -0.3 is 5.32 Å². The van der Waals surface area contributed by atoms with E-state index in [-0.39, 0.29) is 0 Å². The van der Waals surface area contributed by atoms with Gasteiger partial charge in [0.2, 0.25) is 0 Å². The van der Waals surface area contributed by atoms with Crippen molar-refractivity contribution in [3.8, 4) is 22.3 Å². The highest BCUT2D eigenvalue weighted by Crippen LogP contribution is 2.43. The molecule has 1 heteroatoms. The molecule has 1 heterocycles. The van der Waals surface area contributed by atoms with Crippen LogP contribution in [0.3, 0.4) is 0 Å². The van der Waals surface area contributed by atoms with E-state index in [0.717, 1.165) is 16.9 Å². The Morgan fingerprint density at radius 1 is 0.632 bits per heavy atom. The highest BCUT2D eigenvalue weighted by atomic mass is 14.9. The average molecular weight is 242 g/mol. The minimum atomic E-state index is 1.14. The van der Waals surface area contributed by atoms with Crippen LogP contribution in [0.4, 0.5) is 11.4 Å². The lowest BCUT2D eigenvalue weighted by Crippen LogP contribution is -1.90. The zero-order valence-corrected chi connectivity index (χ0v) is 10.4. The van der Waals surface area contributed by atoms with E-state index in [4.69, 9.17) is 0 Å². The molecule has 0 fully saturated rings. The first-order valence-corrected chi connectivity index (χ1v) is 6.40. The predicted octanol–water partition coefficient (Wildman–Crippen LogP) is 4.88. The van der Waals surface area contributed by atoms with Crippen LogP contribution in [0.1, 0.15) is 0 Å². The Morgan fingerprint density at radius 2 is 1.26 bits per heavy atom. The average Bonchev–Trinajstić information content (AvgIpc) is 2.62. The van der Waals surface area contributed by atoms with E-state index in [1.807, 2.05) is 12.1 Å². The minimum Gasteiger partial charge on any atom is -0.355 e. The smallest absolute Gasteiger partial charge is 0.0464 e. The molecule has 0 aliphatic carbocycles. The van der Waals surface area contributed by atoms with Crippen LogP contribution in [0, 0.1) is 6.07 Å². The predicted molar refractivity (Wildman–Crippen MR) is 79.4 cm³/mol. The number of hydrogen-bond donors (Lipinski definition) is 1. The Kier molecular flexibility index (Phi) is 2.18. The van der Waals surface area contributed by atoms with Crippen LogP contribution in [0.15, 0.2) is 66.7 Å². The molecule has 1 N–H and O–H groups in total. The molecule has 0 unspecified atom stereocenters. The molecule has 89 valence electrons. The standard InChI is InChI=1S/C18H12N/c1-2-8-14-13(7-1)15-9-3-5-11-17(15)19-18-12-6-4-10-16(14)18/h1-7,9-12,19H. The van der Waals surface area contributed by atoms with Crippen LogP contribution in [0.5, 0.6) is 0 Å². The fourth-order valence-corrected chi connectivity index (χ4v) is 2.67. The molecular formula is C18H12N. The molecule has 0 saturated heterocycles. The molecule has 0 amide bonds. The van der Waals surface area contributed by atoms with E-state index in [0.29, 0.717) is 0 Å². The third-order valence-corrected chi connectivity index (χ3v) is 3.54. The normalized spacial score (nSPS) is 11.6. The van der Waals surface area contributed by atoms with Crippen molar-refractivity contribution in [3.05, 3.63) is 72.8 Å². The summed E-state index contributed by atoms with van der Waals surface area (Å²) in [6.45, 7) is 0. The van der Waals surface area contributed by atoms with E-state index < -0.39 is 0 Å². The maximum absolute atomic E-state index is 3.53. The van der Waals surface area contributed by atoms with Gasteiger partial charge in [-0.15, -0.1) is 0 Å². The molecule has 0 aromatic heterocycles. The third-order valence-electron chi connectivity index (χ3n) is 3.54. The summed E-state index contributed by atoms with van der Waals surface area (Å²) >= 11 is 0. The summed E-state index contributed by atoms with van der Waals surface area (Å²) < 4.78 is 0. The largest absolute Gasteiger partial charge is 0.355 e. The fourth-order valence-electron chi connectivity index (χ4n) is 2.67. The Hall–Kier alpha value is -2.54. The van der Waals surface area contributed by atoms with Crippen molar-refractivity contribution in [1.29, 1.82) is 0 Å². The zero-order valence-electron chi connectivity index (χ0n) is 10.4. The van der Waals surface area contributed by atoms with E-state index >= 15 is 0 Å². The first-order valence-electron chi connectivity index (χ1n) is 6.40. The number of anilines is 2. The molecule has 1 radical (unpaired) electrons. The lowest BCUT2D eigenvalue weighted by atomic mass is 9.95. The van der Waals surface area contributed by atoms with Crippen molar-refractivity contribution in [1.82, 2.24) is 0 Å². The maximum Gasteiger partial charge on any atom is 0.0464 e. The van der Waals surface area contributed by atoms with Gasteiger partial charge in [-0.2, -0.15) is 0 Å². The quantitative estimate of drug-likeness (QED) is 0.463. The molecule has 1 aliphatic rings. The summed E-state index contributed by atoms with van der Waals surface area (Å²) in [7, 11) is 0. The Bertz CT molecular complexity index is 694. The van der Waals surface area contributed by atoms with Crippen molar-refractivity contribution in [3.63, 3.8) is 0 Å². The first kappa shape index (κ1) is 10.4. The van der Waals surface area contributed by atoms with Crippen molar-refractivity contribution >= 4 is 11.4 Å². The van der Waals surface area contributed by atoms with Gasteiger partial charge in [-0.1, -0.05) is 54.6 Å². The first-order chi connectivity index (χ1) is 9.43. The van der Waals surface area contributed by atoms with Crippen LogP contribution >= 0.6 is 0 Å². The van der Waals surface area contributed by atoms with Crippen molar-refractivity contribution in [2.24, 2.45) is 0 Å². The van der Waals surface area contributed by atoms with Gasteiger partial charge in [-0.25, -0.2) is 0 Å². The molecule has 0 spiro atoms. The molecule has 1 nitrogen and oxygen atoms in total. The van der Waals surface area contributed by atoms with Gasteiger partial charge in [0.05, 0.1) is 0 Å². The number of benzene rings is 3. The number of para-hydroxylation sites is 2. The topological polar surface area (TPSA) is 12.0 Å². The van der Waals surface area contributed by atoms with Crippen molar-refractivity contribution in [2.45, 2.75) is 0 Å². The monoisotopic (exact) mass is 242 g/mol. The highest BCUT2D eigenvalue weighted by Gasteiger charge is 2.17. The Balaban J connectivity index is 2.13. The highest BCUT2D eigenvalue weighted by molar-refractivity contribution is 5.98. The lowest BCUT2D eigenvalue weighted by Gasteiger charge is -2.08. The summed E-state index contributed by atoms with van der Waals surface area (Å²) in [5.74, 6) is 0. The number of fused-ring (bicyclic) bond motifs is 5. The van der Waals surface area contributed by atoms with Gasteiger partial charge in [0.15, 0.2) is 0 Å². The minimum absolute atomic E-state index is 1.14. The van der Waals surface area contributed by atoms with Gasteiger partial charge in [0.25, 0.3) is 0 Å². The Morgan fingerprint density at radius 3 is 2.11 bits per heavy atom. The summed E-state index contributed by atoms with van der Waals surface area (Å²) in [5.41, 5.74) is 7.11. The number of rotatable bonds is 0. The third kappa shape index (κ3) is 1.55. The molecule has 0 atom stereocenters. The van der Waals surface area contributed by atoms with Crippen molar-refractivity contribution < 1.29 is 0 Å². The SMILES string of the molecule is [c]1cccc2c1-c1ccccc1Nc1ccccc1-2. The van der Waals surface area contributed by atoms with Crippen LogP contribution in [0.2, 0.25) is 0 Å². The summed E-state index contributed by atoms with van der Waals surface area (Å²) in [6, 6.07) is 26.4. The molecule has 3 aromatic rings. The van der Waals surface area contributed by atoms with Gasteiger partial charge in [0, 0.05) is 22.5 Å². The molecule has 4 rings (SSSR count). The molecule has 1 aliphatic heterocycles. The molecular weight excluding hydrogens is 230 g/mol. The van der Waals surface area contributed by atoms with Crippen LogP contribution in [0.25, 0.3) is 22.3 Å². The van der Waals surface area contributed by atoms with Crippen molar-refractivity contribution in [2.75, 3.05) is 5.32 Å². The van der Waals surface area contributed by atoms with E-state index in [9.17, 15) is 0 Å². The second-order valence-corrected chi connectivity index (χ2v) is 4.67.